The van der Waals surface area contributed by atoms with Gasteiger partial charge in [-0.15, -0.1) is 0 Å². The molecular weight excluding hydrogens is 272 g/mol. The monoisotopic (exact) mass is 296 g/mol. The van der Waals surface area contributed by atoms with Gasteiger partial charge in [-0.25, -0.2) is 8.42 Å². The maximum absolute atomic E-state index is 11.4. The minimum absolute atomic E-state index is 0.242. The molecule has 5 heteroatoms. The van der Waals surface area contributed by atoms with Gasteiger partial charge in [0.05, 0.1) is 4.90 Å². The standard InChI is InChI=1S/C15H24N2O2S/c1-13(16-9-12-17-10-3-4-11-17)14-5-7-15(8-6-14)20(2,18)19/h5-8,13,16H,3-4,9-12H2,1-2H3. The molecule has 2 rings (SSSR count). The molecule has 0 spiro atoms. The van der Waals surface area contributed by atoms with Gasteiger partial charge in [0.25, 0.3) is 0 Å². The van der Waals surface area contributed by atoms with Crippen LogP contribution in [0.15, 0.2) is 29.2 Å². The van der Waals surface area contributed by atoms with Crippen molar-refractivity contribution in [2.75, 3.05) is 32.4 Å². The van der Waals surface area contributed by atoms with Gasteiger partial charge < -0.3 is 10.2 Å². The third kappa shape index (κ3) is 4.30. The molecule has 0 bridgehead atoms. The van der Waals surface area contributed by atoms with Crippen molar-refractivity contribution >= 4 is 9.84 Å². The summed E-state index contributed by atoms with van der Waals surface area (Å²) in [6.07, 6.45) is 3.88. The first kappa shape index (κ1) is 15.5. The van der Waals surface area contributed by atoms with Crippen molar-refractivity contribution in [3.05, 3.63) is 29.8 Å². The molecule has 1 atom stereocenters. The fraction of sp³-hybridized carbons (Fsp3) is 0.600. The summed E-state index contributed by atoms with van der Waals surface area (Å²) in [5, 5.41) is 3.49. The van der Waals surface area contributed by atoms with Gasteiger partial charge in [-0.05, 0) is 50.6 Å². The van der Waals surface area contributed by atoms with E-state index in [1.54, 1.807) is 12.1 Å². The zero-order valence-electron chi connectivity index (χ0n) is 12.3. The number of benzene rings is 1. The summed E-state index contributed by atoms with van der Waals surface area (Å²) >= 11 is 0. The van der Waals surface area contributed by atoms with Gasteiger partial charge in [0.2, 0.25) is 0 Å². The molecule has 0 aliphatic carbocycles. The largest absolute Gasteiger partial charge is 0.309 e. The van der Waals surface area contributed by atoms with Gasteiger partial charge in [0, 0.05) is 25.4 Å². The minimum Gasteiger partial charge on any atom is -0.309 e. The molecule has 1 saturated heterocycles. The summed E-state index contributed by atoms with van der Waals surface area (Å²) in [7, 11) is -3.10. The molecule has 0 radical (unpaired) electrons. The Hall–Kier alpha value is -0.910. The highest BCUT2D eigenvalue weighted by Crippen LogP contribution is 2.16. The van der Waals surface area contributed by atoms with Crippen LogP contribution in [0.4, 0.5) is 0 Å². The van der Waals surface area contributed by atoms with Crippen molar-refractivity contribution in [3.8, 4) is 0 Å². The third-order valence-electron chi connectivity index (χ3n) is 3.89. The fourth-order valence-electron chi connectivity index (χ4n) is 2.57. The number of hydrogen-bond donors (Lipinski definition) is 1. The Balaban J connectivity index is 1.84. The fourth-order valence-corrected chi connectivity index (χ4v) is 3.20. The Morgan fingerprint density at radius 3 is 2.35 bits per heavy atom. The second-order valence-electron chi connectivity index (χ2n) is 5.57. The van der Waals surface area contributed by atoms with E-state index in [0.717, 1.165) is 18.7 Å². The summed E-state index contributed by atoms with van der Waals surface area (Å²) in [5.74, 6) is 0. The first-order chi connectivity index (χ1) is 9.47. The van der Waals surface area contributed by atoms with Crippen LogP contribution in [-0.2, 0) is 9.84 Å². The van der Waals surface area contributed by atoms with Crippen LogP contribution < -0.4 is 5.32 Å². The average Bonchev–Trinajstić information content (AvgIpc) is 2.91. The Morgan fingerprint density at radius 1 is 1.20 bits per heavy atom. The lowest BCUT2D eigenvalue weighted by atomic mass is 10.1. The number of nitrogens with one attached hydrogen (secondary N) is 1. The van der Waals surface area contributed by atoms with Gasteiger partial charge in [-0.1, -0.05) is 12.1 Å². The Morgan fingerprint density at radius 2 is 1.80 bits per heavy atom. The van der Waals surface area contributed by atoms with Gasteiger partial charge in [0.15, 0.2) is 9.84 Å². The lowest BCUT2D eigenvalue weighted by molar-refractivity contribution is 0.330. The van der Waals surface area contributed by atoms with Crippen molar-refractivity contribution < 1.29 is 8.42 Å². The van der Waals surface area contributed by atoms with Crippen LogP contribution >= 0.6 is 0 Å². The predicted molar refractivity (Wildman–Crippen MR) is 81.6 cm³/mol. The van der Waals surface area contributed by atoms with E-state index in [1.165, 1.54) is 32.2 Å². The summed E-state index contributed by atoms with van der Waals surface area (Å²) in [6, 6.07) is 7.40. The molecule has 0 amide bonds. The van der Waals surface area contributed by atoms with Gasteiger partial charge in [-0.3, -0.25) is 0 Å². The SMILES string of the molecule is CC(NCCN1CCCC1)c1ccc(S(C)(=O)=O)cc1. The van der Waals surface area contributed by atoms with Crippen molar-refractivity contribution in [3.63, 3.8) is 0 Å². The molecule has 20 heavy (non-hydrogen) atoms. The molecule has 1 aromatic carbocycles. The highest BCUT2D eigenvalue weighted by atomic mass is 32.2. The molecule has 1 N–H and O–H groups in total. The molecule has 112 valence electrons. The van der Waals surface area contributed by atoms with Crippen molar-refractivity contribution in [2.45, 2.75) is 30.7 Å². The summed E-state index contributed by atoms with van der Waals surface area (Å²) in [4.78, 5) is 2.86. The second-order valence-corrected chi connectivity index (χ2v) is 7.58. The van der Waals surface area contributed by atoms with E-state index in [-0.39, 0.29) is 6.04 Å². The van der Waals surface area contributed by atoms with E-state index in [2.05, 4.69) is 17.1 Å². The predicted octanol–water partition coefficient (Wildman–Crippen LogP) is 1.84. The minimum atomic E-state index is -3.10. The van der Waals surface area contributed by atoms with Crippen LogP contribution in [0, 0.1) is 0 Å². The van der Waals surface area contributed by atoms with Crippen molar-refractivity contribution in [1.29, 1.82) is 0 Å². The van der Waals surface area contributed by atoms with E-state index in [0.29, 0.717) is 4.90 Å². The topological polar surface area (TPSA) is 49.4 Å². The van der Waals surface area contributed by atoms with Crippen LogP contribution in [0.2, 0.25) is 0 Å². The van der Waals surface area contributed by atoms with E-state index >= 15 is 0 Å². The van der Waals surface area contributed by atoms with E-state index in [9.17, 15) is 8.42 Å². The zero-order valence-corrected chi connectivity index (χ0v) is 13.1. The normalized spacial score (nSPS) is 18.3. The van der Waals surface area contributed by atoms with Crippen LogP contribution in [0.1, 0.15) is 31.4 Å². The lowest BCUT2D eigenvalue weighted by Crippen LogP contribution is -2.31. The van der Waals surface area contributed by atoms with Crippen LogP contribution in [-0.4, -0.2) is 45.8 Å². The molecule has 1 unspecified atom stereocenters. The second kappa shape index (κ2) is 6.70. The molecule has 0 saturated carbocycles. The molecule has 1 fully saturated rings. The van der Waals surface area contributed by atoms with E-state index in [4.69, 9.17) is 0 Å². The van der Waals surface area contributed by atoms with Crippen LogP contribution in [0.25, 0.3) is 0 Å². The summed E-state index contributed by atoms with van der Waals surface area (Å²) in [5.41, 5.74) is 1.12. The summed E-state index contributed by atoms with van der Waals surface area (Å²) < 4.78 is 22.8. The molecular formula is C15H24N2O2S. The average molecular weight is 296 g/mol. The molecule has 1 aromatic rings. The third-order valence-corrected chi connectivity index (χ3v) is 5.01. The summed E-state index contributed by atoms with van der Waals surface area (Å²) in [6.45, 7) is 6.61. The first-order valence-electron chi connectivity index (χ1n) is 7.22. The molecule has 1 heterocycles. The molecule has 4 nitrogen and oxygen atoms in total. The van der Waals surface area contributed by atoms with Gasteiger partial charge >= 0.3 is 0 Å². The number of sulfone groups is 1. The number of likely N-dealkylation sites (tertiary alicyclic amines) is 1. The van der Waals surface area contributed by atoms with Gasteiger partial charge in [-0.2, -0.15) is 0 Å². The van der Waals surface area contributed by atoms with Gasteiger partial charge in [0.1, 0.15) is 0 Å². The molecule has 0 aromatic heterocycles. The van der Waals surface area contributed by atoms with Crippen LogP contribution in [0.5, 0.6) is 0 Å². The Kier molecular flexibility index (Phi) is 5.18. The first-order valence-corrected chi connectivity index (χ1v) is 9.12. The molecule has 1 aliphatic rings. The number of hydrogen-bond acceptors (Lipinski definition) is 4. The quantitative estimate of drug-likeness (QED) is 0.870. The number of rotatable bonds is 6. The maximum Gasteiger partial charge on any atom is 0.175 e. The lowest BCUT2D eigenvalue weighted by Gasteiger charge is -2.18. The molecule has 1 aliphatic heterocycles. The number of nitrogens with zero attached hydrogens (tertiary/aromatic N) is 1. The van der Waals surface area contributed by atoms with Crippen molar-refractivity contribution in [2.24, 2.45) is 0 Å². The Bertz CT molecular complexity index is 519. The smallest absolute Gasteiger partial charge is 0.175 e. The highest BCUT2D eigenvalue weighted by molar-refractivity contribution is 7.90. The van der Waals surface area contributed by atoms with E-state index in [1.807, 2.05) is 12.1 Å². The zero-order chi connectivity index (χ0) is 14.6. The van der Waals surface area contributed by atoms with Crippen molar-refractivity contribution in [1.82, 2.24) is 10.2 Å². The van der Waals surface area contributed by atoms with E-state index < -0.39 is 9.84 Å². The van der Waals surface area contributed by atoms with Crippen LogP contribution in [0.3, 0.4) is 0 Å². The maximum atomic E-state index is 11.4. The highest BCUT2D eigenvalue weighted by Gasteiger charge is 2.12. The Labute approximate surface area is 122 Å².